The molecule has 8 nitrogen and oxygen atoms in total. The second-order valence-electron chi connectivity index (χ2n) is 9.88. The number of carboxylic acid groups (broad SMARTS) is 1. The molecule has 35 heavy (non-hydrogen) atoms. The van der Waals surface area contributed by atoms with Gasteiger partial charge in [-0.1, -0.05) is 62.3 Å². The van der Waals surface area contributed by atoms with Crippen molar-refractivity contribution in [3.05, 3.63) is 0 Å². The van der Waals surface area contributed by atoms with Crippen molar-refractivity contribution in [1.29, 1.82) is 0 Å². The van der Waals surface area contributed by atoms with Crippen molar-refractivity contribution in [3.63, 3.8) is 0 Å². The van der Waals surface area contributed by atoms with E-state index in [1.54, 1.807) is 0 Å². The molecular weight excluding hydrogens is 499 g/mol. The van der Waals surface area contributed by atoms with E-state index in [0.29, 0.717) is 0 Å². The first kappa shape index (κ1) is 32.9. The summed E-state index contributed by atoms with van der Waals surface area (Å²) in [6, 6.07) is 8.28. The number of carbonyl (C=O) groups is 1. The number of aliphatic carboxylic acids is 1. The Bertz CT molecular complexity index is 605. The van der Waals surface area contributed by atoms with Gasteiger partial charge in [0.25, 0.3) is 0 Å². The fourth-order valence-corrected chi connectivity index (χ4v) is 13.9. The van der Waals surface area contributed by atoms with Gasteiger partial charge in [0.15, 0.2) is 31.1 Å². The summed E-state index contributed by atoms with van der Waals surface area (Å²) in [7, 11) is -6.54. The molecule has 3 N–H and O–H groups in total. The van der Waals surface area contributed by atoms with Crippen LogP contribution in [0.5, 0.6) is 0 Å². The Balaban J connectivity index is 3.74. The molecule has 0 aromatic heterocycles. The summed E-state index contributed by atoms with van der Waals surface area (Å²) >= 11 is 0. The highest BCUT2D eigenvalue weighted by Crippen LogP contribution is 2.39. The topological polar surface area (TPSA) is 109 Å². The third-order valence-corrected chi connectivity index (χ3v) is 22.7. The van der Waals surface area contributed by atoms with Gasteiger partial charge < -0.3 is 23.1 Å². The SMILES string of the molecule is CC[Si](CC)(CC)O[C@@H]1[C@@H](O[Si](CC)(CC)CC)C(ON)OC(C(=O)O)[C@@H]1O[Si](CC)(CC)CC. The highest BCUT2D eigenvalue weighted by Gasteiger charge is 2.56. The van der Waals surface area contributed by atoms with E-state index in [1.807, 2.05) is 0 Å². The standard InChI is InChI=1S/C24H53NO7Si3/c1-10-33(11-2,12-3)30-19-20(31-34(13-4,14-5)15-6)22(32-35(16-7,17-8)18-9)24(29-25)28-21(19)23(26)27/h19-22,24H,10-18,25H2,1-9H3,(H,26,27)/t19-,20+,21?,22-,24?/m1/s1. The van der Waals surface area contributed by atoms with Gasteiger partial charge in [0.1, 0.15) is 18.3 Å². The van der Waals surface area contributed by atoms with Crippen LogP contribution in [-0.4, -0.2) is 66.7 Å². The van der Waals surface area contributed by atoms with Gasteiger partial charge in [-0.3, -0.25) is 4.84 Å². The van der Waals surface area contributed by atoms with Crippen molar-refractivity contribution in [2.24, 2.45) is 5.90 Å². The Morgan fingerprint density at radius 3 is 1.26 bits per heavy atom. The molecule has 0 bridgehead atoms. The molecule has 1 aliphatic heterocycles. The summed E-state index contributed by atoms with van der Waals surface area (Å²) in [5.41, 5.74) is 0. The minimum absolute atomic E-state index is 0.613. The van der Waals surface area contributed by atoms with Crippen LogP contribution >= 0.6 is 0 Å². The lowest BCUT2D eigenvalue weighted by molar-refractivity contribution is -0.287. The van der Waals surface area contributed by atoms with Gasteiger partial charge in [-0.05, 0) is 54.4 Å². The van der Waals surface area contributed by atoms with Gasteiger partial charge in [-0.15, -0.1) is 0 Å². The zero-order valence-corrected chi connectivity index (χ0v) is 26.7. The Morgan fingerprint density at radius 1 is 0.657 bits per heavy atom. The molecule has 1 heterocycles. The van der Waals surface area contributed by atoms with Crippen LogP contribution < -0.4 is 5.90 Å². The monoisotopic (exact) mass is 551 g/mol. The third-order valence-electron chi connectivity index (χ3n) is 8.83. The molecule has 5 atom stereocenters. The highest BCUT2D eigenvalue weighted by molar-refractivity contribution is 6.74. The molecule has 208 valence electrons. The van der Waals surface area contributed by atoms with Crippen molar-refractivity contribution in [2.75, 3.05) is 0 Å². The summed E-state index contributed by atoms with van der Waals surface area (Å²) in [5.74, 6) is 4.63. The van der Waals surface area contributed by atoms with Crippen LogP contribution in [0, 0.1) is 0 Å². The summed E-state index contributed by atoms with van der Waals surface area (Å²) in [6.07, 6.45) is -4.29. The van der Waals surface area contributed by atoms with Crippen LogP contribution in [-0.2, 0) is 27.6 Å². The molecule has 2 unspecified atom stereocenters. The van der Waals surface area contributed by atoms with Crippen LogP contribution in [0.25, 0.3) is 0 Å². The van der Waals surface area contributed by atoms with Crippen molar-refractivity contribution in [2.45, 2.75) is 147 Å². The van der Waals surface area contributed by atoms with E-state index in [9.17, 15) is 9.90 Å². The predicted octanol–water partition coefficient (Wildman–Crippen LogP) is 5.86. The lowest BCUT2D eigenvalue weighted by Gasteiger charge is -2.51. The first-order valence-corrected chi connectivity index (χ1v) is 21.4. The number of hydrogen-bond acceptors (Lipinski definition) is 7. The number of hydrogen-bond donors (Lipinski definition) is 2. The molecule has 1 aliphatic rings. The number of rotatable bonds is 17. The summed E-state index contributed by atoms with van der Waals surface area (Å²) in [5, 5.41) is 10.2. The smallest absolute Gasteiger partial charge is 0.335 e. The minimum Gasteiger partial charge on any atom is -0.479 e. The average molecular weight is 552 g/mol. The van der Waals surface area contributed by atoms with E-state index < -0.39 is 61.6 Å². The van der Waals surface area contributed by atoms with Crippen LogP contribution in [0.4, 0.5) is 0 Å². The number of ether oxygens (including phenoxy) is 1. The molecule has 0 aromatic rings. The third kappa shape index (κ3) is 7.47. The molecule has 0 spiro atoms. The van der Waals surface area contributed by atoms with Crippen LogP contribution in [0.2, 0.25) is 54.4 Å². The summed E-state index contributed by atoms with van der Waals surface area (Å²) in [4.78, 5) is 17.8. The van der Waals surface area contributed by atoms with E-state index in [1.165, 1.54) is 0 Å². The molecule has 11 heteroatoms. The van der Waals surface area contributed by atoms with Crippen molar-refractivity contribution < 1.29 is 32.8 Å². The first-order valence-electron chi connectivity index (χ1n) is 13.9. The van der Waals surface area contributed by atoms with E-state index in [2.05, 4.69) is 62.3 Å². The van der Waals surface area contributed by atoms with Crippen molar-refractivity contribution >= 4 is 30.9 Å². The van der Waals surface area contributed by atoms with Gasteiger partial charge in [0, 0.05) is 0 Å². The van der Waals surface area contributed by atoms with E-state index >= 15 is 0 Å². The number of carboxylic acids is 1. The maximum atomic E-state index is 12.5. The number of nitrogens with two attached hydrogens (primary N) is 1. The highest BCUT2D eigenvalue weighted by atomic mass is 28.4. The Kier molecular flexibility index (Phi) is 13.8. The van der Waals surface area contributed by atoms with Gasteiger partial charge in [-0.2, -0.15) is 0 Å². The molecule has 1 rings (SSSR count). The minimum atomic E-state index is -2.21. The largest absolute Gasteiger partial charge is 0.479 e. The lowest BCUT2D eigenvalue weighted by Crippen LogP contribution is -2.68. The summed E-state index contributed by atoms with van der Waals surface area (Å²) < 4.78 is 26.9. The van der Waals surface area contributed by atoms with E-state index in [0.717, 1.165) is 54.4 Å². The molecule has 0 saturated carbocycles. The molecule has 0 aromatic carbocycles. The van der Waals surface area contributed by atoms with Crippen molar-refractivity contribution in [3.8, 4) is 0 Å². The van der Waals surface area contributed by atoms with Crippen molar-refractivity contribution in [1.82, 2.24) is 0 Å². The maximum Gasteiger partial charge on any atom is 0.335 e. The fraction of sp³-hybridized carbons (Fsp3) is 0.958. The zero-order valence-electron chi connectivity index (χ0n) is 23.7. The lowest BCUT2D eigenvalue weighted by atomic mass is 9.99. The predicted molar refractivity (Wildman–Crippen MR) is 148 cm³/mol. The second kappa shape index (κ2) is 14.7. The van der Waals surface area contributed by atoms with Crippen LogP contribution in [0.1, 0.15) is 62.3 Å². The van der Waals surface area contributed by atoms with Crippen LogP contribution in [0.15, 0.2) is 0 Å². The quantitative estimate of drug-likeness (QED) is 0.171. The van der Waals surface area contributed by atoms with Gasteiger partial charge in [-0.25, -0.2) is 10.7 Å². The van der Waals surface area contributed by atoms with E-state index in [-0.39, 0.29) is 0 Å². The molecule has 0 amide bonds. The van der Waals surface area contributed by atoms with E-state index in [4.69, 9.17) is 28.7 Å². The average Bonchev–Trinajstić information content (AvgIpc) is 2.90. The molecule has 0 aliphatic carbocycles. The first-order chi connectivity index (χ1) is 16.6. The Labute approximate surface area is 216 Å². The summed E-state index contributed by atoms with van der Waals surface area (Å²) in [6.45, 7) is 19.4. The van der Waals surface area contributed by atoms with Gasteiger partial charge >= 0.3 is 5.97 Å². The maximum absolute atomic E-state index is 12.5. The normalized spacial score (nSPS) is 26.2. The van der Waals surface area contributed by atoms with Gasteiger partial charge in [0.2, 0.25) is 6.29 Å². The second-order valence-corrected chi connectivity index (χ2v) is 24.0. The fourth-order valence-electron chi connectivity index (χ4n) is 5.37. The molecule has 1 saturated heterocycles. The molecular formula is C24H53NO7Si3. The Morgan fingerprint density at radius 2 is 0.971 bits per heavy atom. The zero-order chi connectivity index (χ0) is 26.9. The van der Waals surface area contributed by atoms with Crippen LogP contribution in [0.3, 0.4) is 0 Å². The Hall–Kier alpha value is -0.119. The van der Waals surface area contributed by atoms with Gasteiger partial charge in [0.05, 0.1) is 0 Å². The molecule has 0 radical (unpaired) electrons. The molecule has 1 fully saturated rings.